The number of alkyl halides is 3. The molecule has 13 heteroatoms. The summed E-state index contributed by atoms with van der Waals surface area (Å²) in [5.41, 5.74) is 0.523. The third kappa shape index (κ3) is 3.60. The Balaban J connectivity index is 1.83. The SMILES string of the molecule is Cc1nc2c(s1)N(C)c1nc(Nc3cnn(C)c3)ncc1N(CC(F)(F)F)C2=O. The third-order valence-electron chi connectivity index (χ3n) is 4.13. The lowest BCUT2D eigenvalue weighted by molar-refractivity contribution is -0.118. The number of carbonyl (C=O) groups is 1. The Morgan fingerprint density at radius 3 is 2.62 bits per heavy atom. The number of halogens is 3. The van der Waals surface area contributed by atoms with Crippen LogP contribution in [0.25, 0.3) is 0 Å². The van der Waals surface area contributed by atoms with Crippen LogP contribution in [0.5, 0.6) is 0 Å². The Morgan fingerprint density at radius 1 is 1.21 bits per heavy atom. The number of hydrogen-bond donors (Lipinski definition) is 1. The van der Waals surface area contributed by atoms with Gasteiger partial charge >= 0.3 is 6.18 Å². The first kappa shape index (κ1) is 19.1. The number of nitrogens with zero attached hydrogens (tertiary/aromatic N) is 7. The van der Waals surface area contributed by atoms with Gasteiger partial charge in [0.05, 0.1) is 23.1 Å². The molecule has 1 aliphatic heterocycles. The van der Waals surface area contributed by atoms with E-state index in [2.05, 4.69) is 25.4 Å². The molecule has 152 valence electrons. The van der Waals surface area contributed by atoms with E-state index in [1.54, 1.807) is 43.0 Å². The number of rotatable bonds is 3. The molecule has 0 atom stereocenters. The van der Waals surface area contributed by atoms with Crippen LogP contribution in [0.15, 0.2) is 18.6 Å². The molecule has 4 heterocycles. The van der Waals surface area contributed by atoms with Crippen LogP contribution in [0.3, 0.4) is 0 Å². The number of carbonyl (C=O) groups excluding carboxylic acids is 1. The summed E-state index contributed by atoms with van der Waals surface area (Å²) in [7, 11) is 3.37. The molecule has 0 radical (unpaired) electrons. The van der Waals surface area contributed by atoms with E-state index in [9.17, 15) is 18.0 Å². The summed E-state index contributed by atoms with van der Waals surface area (Å²) in [6.45, 7) is 0.214. The van der Waals surface area contributed by atoms with Gasteiger partial charge in [0.2, 0.25) is 5.95 Å². The summed E-state index contributed by atoms with van der Waals surface area (Å²) in [5.74, 6) is -0.525. The molecular formula is C16H15F3N8OS. The summed E-state index contributed by atoms with van der Waals surface area (Å²) in [4.78, 5) is 27.6. The number of aryl methyl sites for hydroxylation is 2. The lowest BCUT2D eigenvalue weighted by atomic mass is 10.3. The van der Waals surface area contributed by atoms with E-state index in [4.69, 9.17) is 0 Å². The van der Waals surface area contributed by atoms with Crippen LogP contribution in [0.1, 0.15) is 15.5 Å². The topological polar surface area (TPSA) is 92.1 Å². The number of fused-ring (bicyclic) bond motifs is 2. The molecule has 0 bridgehead atoms. The van der Waals surface area contributed by atoms with Gasteiger partial charge < -0.3 is 10.2 Å². The average Bonchev–Trinajstić information content (AvgIpc) is 3.21. The molecule has 3 aromatic heterocycles. The van der Waals surface area contributed by atoms with Crippen LogP contribution in [0.2, 0.25) is 0 Å². The monoisotopic (exact) mass is 424 g/mol. The first-order valence-corrected chi connectivity index (χ1v) is 9.16. The van der Waals surface area contributed by atoms with Crippen molar-refractivity contribution in [2.75, 3.05) is 28.7 Å². The summed E-state index contributed by atoms with van der Waals surface area (Å²) >= 11 is 1.20. The van der Waals surface area contributed by atoms with Gasteiger partial charge in [0, 0.05) is 20.3 Å². The maximum absolute atomic E-state index is 13.2. The van der Waals surface area contributed by atoms with Crippen LogP contribution >= 0.6 is 11.3 Å². The molecule has 4 rings (SSSR count). The highest BCUT2D eigenvalue weighted by Crippen LogP contribution is 2.42. The van der Waals surface area contributed by atoms with Crippen molar-refractivity contribution in [3.05, 3.63) is 29.3 Å². The Hall–Kier alpha value is -3.22. The van der Waals surface area contributed by atoms with Gasteiger partial charge in [0.25, 0.3) is 5.91 Å². The zero-order valence-corrected chi connectivity index (χ0v) is 16.3. The number of nitrogens with one attached hydrogen (secondary N) is 1. The second kappa shape index (κ2) is 6.69. The van der Waals surface area contributed by atoms with E-state index in [1.807, 2.05) is 0 Å². The first-order valence-electron chi connectivity index (χ1n) is 8.35. The van der Waals surface area contributed by atoms with Crippen molar-refractivity contribution < 1.29 is 18.0 Å². The predicted molar refractivity (Wildman–Crippen MR) is 101 cm³/mol. The predicted octanol–water partition coefficient (Wildman–Crippen LogP) is 3.01. The largest absolute Gasteiger partial charge is 0.406 e. The highest BCUT2D eigenvalue weighted by molar-refractivity contribution is 7.16. The molecule has 3 aromatic rings. The smallest absolute Gasteiger partial charge is 0.321 e. The molecule has 0 saturated carbocycles. The van der Waals surface area contributed by atoms with Crippen molar-refractivity contribution in [3.8, 4) is 0 Å². The summed E-state index contributed by atoms with van der Waals surface area (Å²) < 4.78 is 41.2. The molecule has 0 spiro atoms. The number of thiazole rings is 1. The minimum absolute atomic E-state index is 0.0426. The number of aromatic nitrogens is 5. The molecule has 0 saturated heterocycles. The van der Waals surface area contributed by atoms with Crippen molar-refractivity contribution in [1.82, 2.24) is 24.7 Å². The second-order valence-corrected chi connectivity index (χ2v) is 7.56. The van der Waals surface area contributed by atoms with Crippen molar-refractivity contribution in [1.29, 1.82) is 0 Å². The molecule has 1 amide bonds. The molecular weight excluding hydrogens is 409 g/mol. The third-order valence-corrected chi connectivity index (χ3v) is 5.17. The minimum Gasteiger partial charge on any atom is -0.321 e. The van der Waals surface area contributed by atoms with E-state index < -0.39 is 18.6 Å². The van der Waals surface area contributed by atoms with Crippen LogP contribution < -0.4 is 15.1 Å². The van der Waals surface area contributed by atoms with Gasteiger partial charge in [-0.15, -0.1) is 11.3 Å². The van der Waals surface area contributed by atoms with Crippen LogP contribution in [0.4, 0.5) is 41.3 Å². The first-order chi connectivity index (χ1) is 13.6. The standard InChI is InChI=1S/C16H15F3N8OS/c1-8-22-11-13(28)27(7-16(17,18)19)10-5-20-15(23-9-4-21-25(2)6-9)24-12(10)26(3)14(11)29-8/h4-6H,7H2,1-3H3,(H,20,23,24). The van der Waals surface area contributed by atoms with E-state index >= 15 is 0 Å². The molecule has 9 nitrogen and oxygen atoms in total. The zero-order chi connectivity index (χ0) is 20.9. The highest BCUT2D eigenvalue weighted by atomic mass is 32.1. The average molecular weight is 424 g/mol. The summed E-state index contributed by atoms with van der Waals surface area (Å²) in [5, 5.41) is 7.96. The zero-order valence-electron chi connectivity index (χ0n) is 15.5. The van der Waals surface area contributed by atoms with Crippen molar-refractivity contribution in [2.45, 2.75) is 13.1 Å². The normalized spacial score (nSPS) is 13.9. The van der Waals surface area contributed by atoms with E-state index in [1.165, 1.54) is 17.5 Å². The summed E-state index contributed by atoms with van der Waals surface area (Å²) in [6, 6.07) is 0. The van der Waals surface area contributed by atoms with Gasteiger partial charge in [-0.1, -0.05) is 0 Å². The van der Waals surface area contributed by atoms with E-state index in [-0.39, 0.29) is 23.1 Å². The van der Waals surface area contributed by atoms with E-state index in [0.717, 1.165) is 0 Å². The van der Waals surface area contributed by atoms with Crippen LogP contribution in [-0.4, -0.2) is 50.4 Å². The fraction of sp³-hybridized carbons (Fsp3) is 0.312. The van der Waals surface area contributed by atoms with Crippen molar-refractivity contribution in [2.24, 2.45) is 7.05 Å². The Labute approximate surface area is 166 Å². The van der Waals surface area contributed by atoms with Gasteiger partial charge in [0.1, 0.15) is 17.2 Å². The maximum atomic E-state index is 13.2. The van der Waals surface area contributed by atoms with Crippen molar-refractivity contribution >= 4 is 45.4 Å². The highest BCUT2D eigenvalue weighted by Gasteiger charge is 2.40. The fourth-order valence-electron chi connectivity index (χ4n) is 2.93. The molecule has 0 aromatic carbocycles. The van der Waals surface area contributed by atoms with Crippen molar-refractivity contribution in [3.63, 3.8) is 0 Å². The molecule has 0 aliphatic carbocycles. The Bertz CT molecular complexity index is 1090. The van der Waals surface area contributed by atoms with E-state index in [0.29, 0.717) is 20.6 Å². The van der Waals surface area contributed by atoms with Gasteiger partial charge in [-0.3, -0.25) is 14.4 Å². The Morgan fingerprint density at radius 2 is 1.97 bits per heavy atom. The maximum Gasteiger partial charge on any atom is 0.406 e. The van der Waals surface area contributed by atoms with Gasteiger partial charge in [-0.25, -0.2) is 9.97 Å². The summed E-state index contributed by atoms with van der Waals surface area (Å²) in [6.07, 6.45) is -0.149. The molecule has 1 aliphatic rings. The van der Waals surface area contributed by atoms with Gasteiger partial charge in [0.15, 0.2) is 11.5 Å². The molecule has 1 N–H and O–H groups in total. The Kier molecular flexibility index (Phi) is 4.41. The molecule has 29 heavy (non-hydrogen) atoms. The second-order valence-electron chi connectivity index (χ2n) is 6.38. The number of anilines is 5. The lowest BCUT2D eigenvalue weighted by Crippen LogP contribution is -2.39. The molecule has 0 fully saturated rings. The van der Waals surface area contributed by atoms with Gasteiger partial charge in [-0.05, 0) is 6.92 Å². The fourth-order valence-corrected chi connectivity index (χ4v) is 3.80. The van der Waals surface area contributed by atoms with Gasteiger partial charge in [-0.2, -0.15) is 23.3 Å². The number of amides is 1. The van der Waals surface area contributed by atoms with Crippen LogP contribution in [0, 0.1) is 6.92 Å². The number of hydrogen-bond acceptors (Lipinski definition) is 8. The minimum atomic E-state index is -4.60. The lowest BCUT2D eigenvalue weighted by Gasteiger charge is -2.24. The molecule has 0 unspecified atom stereocenters. The quantitative estimate of drug-likeness (QED) is 0.691. The van der Waals surface area contributed by atoms with Crippen LogP contribution in [-0.2, 0) is 7.05 Å².